The van der Waals surface area contributed by atoms with E-state index in [2.05, 4.69) is 11.9 Å². The molecule has 4 heteroatoms. The minimum atomic E-state index is 0.0270. The molecule has 0 radical (unpaired) electrons. The highest BCUT2D eigenvalue weighted by Crippen LogP contribution is 2.20. The normalized spacial score (nSPS) is 10.6. The second-order valence-corrected chi connectivity index (χ2v) is 5.07. The number of benzene rings is 1. The number of hydrogen-bond donors (Lipinski definition) is 1. The molecule has 0 aliphatic carbocycles. The van der Waals surface area contributed by atoms with E-state index in [0.717, 1.165) is 29.3 Å². The van der Waals surface area contributed by atoms with Gasteiger partial charge in [0, 0.05) is 11.3 Å². The standard InChI is InChI=1S/C14H17NO2S/c1-2-13-12(10-16)15-14(18-13)8-9-17-11-6-4-3-5-7-11/h3-7,16H,2,8-10H2,1H3. The van der Waals surface area contributed by atoms with Gasteiger partial charge in [-0.05, 0) is 18.6 Å². The van der Waals surface area contributed by atoms with Crippen LogP contribution >= 0.6 is 11.3 Å². The molecule has 96 valence electrons. The van der Waals surface area contributed by atoms with Crippen LogP contribution in [0.4, 0.5) is 0 Å². The molecule has 0 aliphatic heterocycles. The van der Waals surface area contributed by atoms with E-state index >= 15 is 0 Å². The Balaban J connectivity index is 1.88. The SMILES string of the molecule is CCc1sc(CCOc2ccccc2)nc1CO. The van der Waals surface area contributed by atoms with Crippen molar-refractivity contribution < 1.29 is 9.84 Å². The number of aryl methyl sites for hydroxylation is 1. The summed E-state index contributed by atoms with van der Waals surface area (Å²) in [4.78, 5) is 5.59. The summed E-state index contributed by atoms with van der Waals surface area (Å²) in [6.45, 7) is 2.72. The zero-order chi connectivity index (χ0) is 12.8. The molecule has 0 saturated carbocycles. The van der Waals surface area contributed by atoms with Gasteiger partial charge in [-0.3, -0.25) is 0 Å². The van der Waals surface area contributed by atoms with Gasteiger partial charge in [-0.15, -0.1) is 11.3 Å². The third-order valence-corrected chi connectivity index (χ3v) is 3.92. The van der Waals surface area contributed by atoms with E-state index in [1.165, 1.54) is 4.88 Å². The van der Waals surface area contributed by atoms with E-state index in [9.17, 15) is 5.11 Å². The average molecular weight is 263 g/mol. The summed E-state index contributed by atoms with van der Waals surface area (Å²) in [5, 5.41) is 10.2. The van der Waals surface area contributed by atoms with Crippen LogP contribution in [0.15, 0.2) is 30.3 Å². The van der Waals surface area contributed by atoms with Gasteiger partial charge >= 0.3 is 0 Å². The topological polar surface area (TPSA) is 42.4 Å². The fraction of sp³-hybridized carbons (Fsp3) is 0.357. The lowest BCUT2D eigenvalue weighted by Gasteiger charge is -2.03. The van der Waals surface area contributed by atoms with Gasteiger partial charge in [-0.2, -0.15) is 0 Å². The molecule has 0 saturated heterocycles. The van der Waals surface area contributed by atoms with Crippen molar-refractivity contribution in [1.82, 2.24) is 4.98 Å². The number of rotatable bonds is 6. The summed E-state index contributed by atoms with van der Waals surface area (Å²) < 4.78 is 5.63. The summed E-state index contributed by atoms with van der Waals surface area (Å²) in [6, 6.07) is 9.77. The first-order chi connectivity index (χ1) is 8.83. The van der Waals surface area contributed by atoms with Gasteiger partial charge in [0.1, 0.15) is 5.75 Å². The van der Waals surface area contributed by atoms with E-state index in [1.807, 2.05) is 30.3 Å². The zero-order valence-electron chi connectivity index (χ0n) is 10.4. The molecule has 1 aromatic carbocycles. The summed E-state index contributed by atoms with van der Waals surface area (Å²) in [5.41, 5.74) is 0.817. The Bertz CT molecular complexity index is 460. The number of aliphatic hydroxyl groups excluding tert-OH is 1. The van der Waals surface area contributed by atoms with Crippen molar-refractivity contribution in [1.29, 1.82) is 0 Å². The predicted octanol–water partition coefficient (Wildman–Crippen LogP) is 2.82. The van der Waals surface area contributed by atoms with Gasteiger partial charge in [0.25, 0.3) is 0 Å². The predicted molar refractivity (Wildman–Crippen MR) is 73.1 cm³/mol. The Morgan fingerprint density at radius 3 is 2.67 bits per heavy atom. The second-order valence-electron chi connectivity index (χ2n) is 3.90. The molecule has 1 N–H and O–H groups in total. The molecule has 1 aromatic heterocycles. The fourth-order valence-electron chi connectivity index (χ4n) is 1.72. The van der Waals surface area contributed by atoms with Crippen LogP contribution in [0.3, 0.4) is 0 Å². The van der Waals surface area contributed by atoms with Crippen LogP contribution in [0.5, 0.6) is 5.75 Å². The Labute approximate surface area is 111 Å². The second kappa shape index (κ2) is 6.52. The van der Waals surface area contributed by atoms with Crippen molar-refractivity contribution in [2.45, 2.75) is 26.4 Å². The van der Waals surface area contributed by atoms with Gasteiger partial charge in [-0.1, -0.05) is 25.1 Å². The number of ether oxygens (including phenoxy) is 1. The van der Waals surface area contributed by atoms with Crippen molar-refractivity contribution in [3.63, 3.8) is 0 Å². The van der Waals surface area contributed by atoms with E-state index in [0.29, 0.717) is 6.61 Å². The summed E-state index contributed by atoms with van der Waals surface area (Å²) in [6.07, 6.45) is 1.71. The summed E-state index contributed by atoms with van der Waals surface area (Å²) >= 11 is 1.67. The number of thiazole rings is 1. The minimum Gasteiger partial charge on any atom is -0.493 e. The first kappa shape index (κ1) is 13.1. The monoisotopic (exact) mass is 263 g/mol. The third kappa shape index (κ3) is 3.31. The number of aliphatic hydroxyl groups is 1. The molecule has 1 heterocycles. The van der Waals surface area contributed by atoms with Crippen molar-refractivity contribution in [3.05, 3.63) is 45.9 Å². The molecule has 0 spiro atoms. The number of para-hydroxylation sites is 1. The van der Waals surface area contributed by atoms with E-state index in [4.69, 9.17) is 4.74 Å². The van der Waals surface area contributed by atoms with Crippen LogP contribution in [0, 0.1) is 0 Å². The average Bonchev–Trinajstić information content (AvgIpc) is 2.82. The fourth-order valence-corrected chi connectivity index (χ4v) is 2.71. The molecule has 18 heavy (non-hydrogen) atoms. The lowest BCUT2D eigenvalue weighted by molar-refractivity contribution is 0.276. The van der Waals surface area contributed by atoms with Gasteiger partial charge in [-0.25, -0.2) is 4.98 Å². The van der Waals surface area contributed by atoms with Crippen molar-refractivity contribution >= 4 is 11.3 Å². The number of aromatic nitrogens is 1. The maximum atomic E-state index is 9.18. The third-order valence-electron chi connectivity index (χ3n) is 2.62. The van der Waals surface area contributed by atoms with Crippen LogP contribution in [0.25, 0.3) is 0 Å². The maximum absolute atomic E-state index is 9.18. The number of hydrogen-bond acceptors (Lipinski definition) is 4. The minimum absolute atomic E-state index is 0.0270. The van der Waals surface area contributed by atoms with Crippen molar-refractivity contribution in [2.24, 2.45) is 0 Å². The molecule has 0 fully saturated rings. The molecule has 2 aromatic rings. The zero-order valence-corrected chi connectivity index (χ0v) is 11.2. The molecular formula is C14H17NO2S. The van der Waals surface area contributed by atoms with Gasteiger partial charge in [0.2, 0.25) is 0 Å². The lowest BCUT2D eigenvalue weighted by Crippen LogP contribution is -2.01. The van der Waals surface area contributed by atoms with Crippen LogP contribution in [-0.2, 0) is 19.4 Å². The molecular weight excluding hydrogens is 246 g/mol. The Kier molecular flexibility index (Phi) is 4.73. The van der Waals surface area contributed by atoms with Gasteiger partial charge in [0.15, 0.2) is 0 Å². The summed E-state index contributed by atoms with van der Waals surface area (Å²) in [5.74, 6) is 0.882. The Morgan fingerprint density at radius 1 is 1.28 bits per heavy atom. The lowest BCUT2D eigenvalue weighted by atomic mass is 10.3. The molecule has 0 bridgehead atoms. The van der Waals surface area contributed by atoms with Crippen LogP contribution in [-0.4, -0.2) is 16.7 Å². The van der Waals surface area contributed by atoms with E-state index in [1.54, 1.807) is 11.3 Å². The van der Waals surface area contributed by atoms with E-state index in [-0.39, 0.29) is 6.61 Å². The molecule has 3 nitrogen and oxygen atoms in total. The van der Waals surface area contributed by atoms with Crippen LogP contribution < -0.4 is 4.74 Å². The van der Waals surface area contributed by atoms with Gasteiger partial charge < -0.3 is 9.84 Å². The molecule has 0 amide bonds. The largest absolute Gasteiger partial charge is 0.493 e. The van der Waals surface area contributed by atoms with Crippen LogP contribution in [0.2, 0.25) is 0 Å². The Hall–Kier alpha value is -1.39. The highest BCUT2D eigenvalue weighted by Gasteiger charge is 2.08. The molecule has 2 rings (SSSR count). The smallest absolute Gasteiger partial charge is 0.119 e. The Morgan fingerprint density at radius 2 is 2.06 bits per heavy atom. The first-order valence-corrected chi connectivity index (χ1v) is 6.91. The van der Waals surface area contributed by atoms with Crippen molar-refractivity contribution in [3.8, 4) is 5.75 Å². The van der Waals surface area contributed by atoms with E-state index < -0.39 is 0 Å². The maximum Gasteiger partial charge on any atom is 0.119 e. The summed E-state index contributed by atoms with van der Waals surface area (Å²) in [7, 11) is 0. The molecule has 0 aliphatic rings. The van der Waals surface area contributed by atoms with Crippen LogP contribution in [0.1, 0.15) is 22.5 Å². The first-order valence-electron chi connectivity index (χ1n) is 6.09. The quantitative estimate of drug-likeness (QED) is 0.871. The highest BCUT2D eigenvalue weighted by atomic mass is 32.1. The number of nitrogens with zero attached hydrogens (tertiary/aromatic N) is 1. The van der Waals surface area contributed by atoms with Gasteiger partial charge in [0.05, 0.1) is 23.9 Å². The molecule has 0 unspecified atom stereocenters. The van der Waals surface area contributed by atoms with Crippen molar-refractivity contribution in [2.75, 3.05) is 6.61 Å². The highest BCUT2D eigenvalue weighted by molar-refractivity contribution is 7.11. The molecule has 0 atom stereocenters.